The zero-order chi connectivity index (χ0) is 28.6. The van der Waals surface area contributed by atoms with Gasteiger partial charge in [-0.05, 0) is 26.0 Å². The molecule has 0 aliphatic carbocycles. The summed E-state index contributed by atoms with van der Waals surface area (Å²) in [5.74, 6) is -2.73. The van der Waals surface area contributed by atoms with Crippen molar-refractivity contribution in [1.82, 2.24) is 35.1 Å². The third kappa shape index (κ3) is 5.34. The van der Waals surface area contributed by atoms with E-state index in [9.17, 15) is 37.3 Å². The molecule has 0 saturated heterocycles. The second-order valence-electron chi connectivity index (χ2n) is 8.45. The number of nitro benzene ring substituents is 1. The standard InChI is InChI=1S/C23H18F4N8O4/c1-11-4-18(31-34(22(11)37)15-5-13(8-28-9-15)19-10-29-32-33(19)3)21(36)30-12(2)16-6-14(35(38)39)7-17(20(16)24)23(25,26)27/h4-10,12H,1-3H3,(H,30,36)/t12-/m1/s1. The highest BCUT2D eigenvalue weighted by Crippen LogP contribution is 2.37. The van der Waals surface area contributed by atoms with Gasteiger partial charge in [0, 0.05) is 42.1 Å². The van der Waals surface area contributed by atoms with Crippen molar-refractivity contribution in [2.45, 2.75) is 26.1 Å². The zero-order valence-electron chi connectivity index (χ0n) is 20.4. The first-order valence-electron chi connectivity index (χ1n) is 11.0. The maximum atomic E-state index is 14.7. The molecule has 0 bridgehead atoms. The molecule has 0 spiro atoms. The van der Waals surface area contributed by atoms with Crippen LogP contribution in [0.3, 0.4) is 0 Å². The van der Waals surface area contributed by atoms with Gasteiger partial charge in [0.2, 0.25) is 0 Å². The Kier molecular flexibility index (Phi) is 6.95. The Balaban J connectivity index is 1.70. The van der Waals surface area contributed by atoms with Crippen LogP contribution < -0.4 is 10.9 Å². The lowest BCUT2D eigenvalue weighted by Gasteiger charge is -2.18. The summed E-state index contributed by atoms with van der Waals surface area (Å²) in [7, 11) is 1.65. The molecule has 3 aromatic heterocycles. The Hall–Kier alpha value is -5.02. The van der Waals surface area contributed by atoms with Gasteiger partial charge >= 0.3 is 6.18 Å². The van der Waals surface area contributed by atoms with E-state index in [0.29, 0.717) is 17.3 Å². The van der Waals surface area contributed by atoms with Crippen LogP contribution in [0.5, 0.6) is 0 Å². The SMILES string of the molecule is Cc1cc(C(=O)N[C@H](C)c2cc([N+](=O)[O-])cc(C(F)(F)F)c2F)nn(-c2cncc(-c3cnnn3C)c2)c1=O. The molecule has 39 heavy (non-hydrogen) atoms. The van der Waals surface area contributed by atoms with Crippen molar-refractivity contribution < 1.29 is 27.3 Å². The molecule has 1 atom stereocenters. The number of nitro groups is 1. The monoisotopic (exact) mass is 546 g/mol. The van der Waals surface area contributed by atoms with Crippen molar-refractivity contribution in [1.29, 1.82) is 0 Å². The van der Waals surface area contributed by atoms with Crippen molar-refractivity contribution in [3.05, 3.63) is 91.5 Å². The van der Waals surface area contributed by atoms with Gasteiger partial charge in [0.05, 0.1) is 40.3 Å². The van der Waals surface area contributed by atoms with Gasteiger partial charge < -0.3 is 5.32 Å². The van der Waals surface area contributed by atoms with Crippen LogP contribution in [0.25, 0.3) is 16.9 Å². The van der Waals surface area contributed by atoms with Gasteiger partial charge in [0.1, 0.15) is 11.5 Å². The molecule has 1 amide bonds. The molecular formula is C23H18F4N8O4. The number of hydrogen-bond acceptors (Lipinski definition) is 8. The number of nitrogens with zero attached hydrogens (tertiary/aromatic N) is 7. The maximum absolute atomic E-state index is 14.7. The number of alkyl halides is 3. The van der Waals surface area contributed by atoms with Crippen LogP contribution in [0.1, 0.15) is 40.1 Å². The van der Waals surface area contributed by atoms with E-state index in [-0.39, 0.29) is 23.0 Å². The van der Waals surface area contributed by atoms with Crippen molar-refractivity contribution in [2.75, 3.05) is 0 Å². The predicted octanol–water partition coefficient (Wildman–Crippen LogP) is 3.29. The van der Waals surface area contributed by atoms with E-state index in [1.54, 1.807) is 13.1 Å². The Morgan fingerprint density at radius 3 is 2.49 bits per heavy atom. The Labute approximate surface area is 216 Å². The number of carbonyl (C=O) groups is 1. The maximum Gasteiger partial charge on any atom is 0.419 e. The first kappa shape index (κ1) is 27.0. The number of non-ortho nitro benzene ring substituents is 1. The smallest absolute Gasteiger partial charge is 0.344 e. The van der Waals surface area contributed by atoms with Gasteiger partial charge in [-0.3, -0.25) is 24.7 Å². The summed E-state index contributed by atoms with van der Waals surface area (Å²) in [6.07, 6.45) is -0.911. The van der Waals surface area contributed by atoms with Crippen molar-refractivity contribution >= 4 is 11.6 Å². The van der Waals surface area contributed by atoms with Crippen LogP contribution in [0, 0.1) is 22.9 Å². The number of rotatable bonds is 6. The second kappa shape index (κ2) is 10.0. The third-order valence-electron chi connectivity index (χ3n) is 5.72. The van der Waals surface area contributed by atoms with E-state index in [1.165, 1.54) is 30.2 Å². The van der Waals surface area contributed by atoms with Crippen molar-refractivity contribution in [3.63, 3.8) is 0 Å². The average molecular weight is 546 g/mol. The lowest BCUT2D eigenvalue weighted by atomic mass is 10.0. The summed E-state index contributed by atoms with van der Waals surface area (Å²) in [5, 5.41) is 25.1. The van der Waals surface area contributed by atoms with E-state index < -0.39 is 51.2 Å². The minimum absolute atomic E-state index is 0.0813. The molecule has 4 rings (SSSR count). The molecule has 16 heteroatoms. The lowest BCUT2D eigenvalue weighted by Crippen LogP contribution is -2.32. The molecule has 0 unspecified atom stereocenters. The van der Waals surface area contributed by atoms with Crippen LogP contribution in [-0.4, -0.2) is 40.6 Å². The van der Waals surface area contributed by atoms with Crippen LogP contribution in [0.4, 0.5) is 23.2 Å². The first-order chi connectivity index (χ1) is 18.3. The number of aryl methyl sites for hydroxylation is 2. The fourth-order valence-electron chi connectivity index (χ4n) is 3.74. The van der Waals surface area contributed by atoms with E-state index in [4.69, 9.17) is 0 Å². The summed E-state index contributed by atoms with van der Waals surface area (Å²) in [6.45, 7) is 2.57. The molecule has 0 fully saturated rings. The highest BCUT2D eigenvalue weighted by atomic mass is 19.4. The minimum atomic E-state index is -5.21. The summed E-state index contributed by atoms with van der Waals surface area (Å²) in [5.41, 5.74) is -3.11. The molecule has 0 saturated carbocycles. The van der Waals surface area contributed by atoms with E-state index in [2.05, 4.69) is 25.7 Å². The summed E-state index contributed by atoms with van der Waals surface area (Å²) in [4.78, 5) is 39.9. The molecule has 12 nitrogen and oxygen atoms in total. The number of halogens is 4. The zero-order valence-corrected chi connectivity index (χ0v) is 20.4. The second-order valence-corrected chi connectivity index (χ2v) is 8.45. The molecular weight excluding hydrogens is 528 g/mol. The molecule has 202 valence electrons. The Morgan fingerprint density at radius 1 is 1.15 bits per heavy atom. The molecule has 1 N–H and O–H groups in total. The number of hydrogen-bond donors (Lipinski definition) is 1. The van der Waals surface area contributed by atoms with Crippen LogP contribution in [0.2, 0.25) is 0 Å². The average Bonchev–Trinajstić information content (AvgIpc) is 3.30. The number of carbonyl (C=O) groups excluding carboxylic acids is 1. The van der Waals surface area contributed by atoms with Gasteiger partial charge in [-0.2, -0.15) is 23.0 Å². The van der Waals surface area contributed by atoms with Crippen LogP contribution in [0.15, 0.2) is 47.7 Å². The fourth-order valence-corrected chi connectivity index (χ4v) is 3.74. The highest BCUT2D eigenvalue weighted by molar-refractivity contribution is 5.92. The minimum Gasteiger partial charge on any atom is -0.344 e. The Bertz CT molecular complexity index is 1660. The quantitative estimate of drug-likeness (QED) is 0.220. The molecule has 0 aliphatic rings. The third-order valence-corrected chi connectivity index (χ3v) is 5.72. The fraction of sp³-hybridized carbons (Fsp3) is 0.217. The van der Waals surface area contributed by atoms with E-state index in [0.717, 1.165) is 17.7 Å². The molecule has 0 aliphatic heterocycles. The molecule has 4 aromatic rings. The topological polar surface area (TPSA) is 151 Å². The van der Waals surface area contributed by atoms with Crippen LogP contribution in [-0.2, 0) is 13.2 Å². The van der Waals surface area contributed by atoms with E-state index >= 15 is 0 Å². The molecule has 1 aromatic carbocycles. The van der Waals surface area contributed by atoms with Gasteiger partial charge in [-0.15, -0.1) is 5.10 Å². The summed E-state index contributed by atoms with van der Waals surface area (Å²) in [6, 6.07) is 1.95. The van der Waals surface area contributed by atoms with Gasteiger partial charge in [-0.1, -0.05) is 5.21 Å². The van der Waals surface area contributed by atoms with Gasteiger partial charge in [-0.25, -0.2) is 9.07 Å². The first-order valence-corrected chi connectivity index (χ1v) is 11.0. The normalized spacial score (nSPS) is 12.3. The van der Waals surface area contributed by atoms with Crippen molar-refractivity contribution in [3.8, 4) is 16.9 Å². The van der Waals surface area contributed by atoms with Crippen LogP contribution >= 0.6 is 0 Å². The van der Waals surface area contributed by atoms with Crippen molar-refractivity contribution in [2.24, 2.45) is 7.05 Å². The van der Waals surface area contributed by atoms with Gasteiger partial charge in [0.15, 0.2) is 0 Å². The number of nitrogens with one attached hydrogen (secondary N) is 1. The number of benzene rings is 1. The summed E-state index contributed by atoms with van der Waals surface area (Å²) < 4.78 is 57.0. The highest BCUT2D eigenvalue weighted by Gasteiger charge is 2.38. The number of pyridine rings is 1. The molecule has 3 heterocycles. The largest absolute Gasteiger partial charge is 0.419 e. The predicted molar refractivity (Wildman–Crippen MR) is 126 cm³/mol. The van der Waals surface area contributed by atoms with E-state index in [1.807, 2.05) is 0 Å². The number of amides is 1. The van der Waals surface area contributed by atoms with Gasteiger partial charge in [0.25, 0.3) is 17.2 Å². The Morgan fingerprint density at radius 2 is 1.87 bits per heavy atom. The lowest BCUT2D eigenvalue weighted by molar-refractivity contribution is -0.385. The number of aromatic nitrogens is 6. The summed E-state index contributed by atoms with van der Waals surface area (Å²) >= 11 is 0. The molecule has 0 radical (unpaired) electrons.